The summed E-state index contributed by atoms with van der Waals surface area (Å²) in [6, 6.07) is 6.51. The Balaban J connectivity index is 1.80. The first-order valence-corrected chi connectivity index (χ1v) is 7.05. The molecule has 4 nitrogen and oxygen atoms in total. The molecule has 1 unspecified atom stereocenters. The molecule has 2 aromatic rings. The minimum absolute atomic E-state index is 0.346. The highest BCUT2D eigenvalue weighted by Gasteiger charge is 2.23. The Kier molecular flexibility index (Phi) is 2.91. The highest BCUT2D eigenvalue weighted by Crippen LogP contribution is 2.35. The van der Waals surface area contributed by atoms with Crippen molar-refractivity contribution >= 4 is 22.2 Å². The fourth-order valence-electron chi connectivity index (χ4n) is 2.39. The zero-order chi connectivity index (χ0) is 12.5. The van der Waals surface area contributed by atoms with E-state index in [4.69, 9.17) is 5.73 Å². The largest absolute Gasteiger partial charge is 0.399 e. The van der Waals surface area contributed by atoms with E-state index in [1.807, 2.05) is 6.07 Å². The SMILES string of the molecule is CCc1nnc(NC2CCc3cc(N)ccc32)s1. The summed E-state index contributed by atoms with van der Waals surface area (Å²) >= 11 is 1.64. The van der Waals surface area contributed by atoms with E-state index < -0.39 is 0 Å². The lowest BCUT2D eigenvalue weighted by Crippen LogP contribution is -2.06. The van der Waals surface area contributed by atoms with Crippen LogP contribution in [-0.4, -0.2) is 10.2 Å². The molecule has 1 aliphatic rings. The third-order valence-electron chi connectivity index (χ3n) is 3.31. The van der Waals surface area contributed by atoms with Crippen LogP contribution in [0.25, 0.3) is 0 Å². The topological polar surface area (TPSA) is 63.8 Å². The summed E-state index contributed by atoms with van der Waals surface area (Å²) in [7, 11) is 0. The van der Waals surface area contributed by atoms with Gasteiger partial charge in [0, 0.05) is 5.69 Å². The Morgan fingerprint density at radius 3 is 3.11 bits per heavy atom. The van der Waals surface area contributed by atoms with Crippen LogP contribution in [-0.2, 0) is 12.8 Å². The summed E-state index contributed by atoms with van der Waals surface area (Å²) in [5.74, 6) is 0. The van der Waals surface area contributed by atoms with Crippen LogP contribution in [0.4, 0.5) is 10.8 Å². The van der Waals surface area contributed by atoms with E-state index in [1.165, 1.54) is 11.1 Å². The average molecular weight is 260 g/mol. The molecule has 3 rings (SSSR count). The summed E-state index contributed by atoms with van der Waals surface area (Å²) in [5.41, 5.74) is 9.35. The van der Waals surface area contributed by atoms with Gasteiger partial charge in [0.1, 0.15) is 5.01 Å². The fraction of sp³-hybridized carbons (Fsp3) is 0.385. The van der Waals surface area contributed by atoms with Crippen LogP contribution in [0.15, 0.2) is 18.2 Å². The smallest absolute Gasteiger partial charge is 0.206 e. The lowest BCUT2D eigenvalue weighted by Gasteiger charge is -2.12. The molecule has 1 atom stereocenters. The van der Waals surface area contributed by atoms with Crippen molar-refractivity contribution < 1.29 is 0 Å². The van der Waals surface area contributed by atoms with Gasteiger partial charge >= 0.3 is 0 Å². The number of aromatic nitrogens is 2. The molecule has 1 aromatic carbocycles. The predicted octanol–water partition coefficient (Wildman–Crippen LogP) is 2.78. The van der Waals surface area contributed by atoms with E-state index in [0.29, 0.717) is 6.04 Å². The second-order valence-corrected chi connectivity index (χ2v) is 5.61. The number of benzene rings is 1. The van der Waals surface area contributed by atoms with Crippen molar-refractivity contribution in [2.45, 2.75) is 32.2 Å². The van der Waals surface area contributed by atoms with E-state index in [0.717, 1.165) is 35.1 Å². The molecule has 5 heteroatoms. The first-order chi connectivity index (χ1) is 8.76. The molecule has 0 fully saturated rings. The summed E-state index contributed by atoms with van der Waals surface area (Å²) < 4.78 is 0. The number of nitrogens with one attached hydrogen (secondary N) is 1. The van der Waals surface area contributed by atoms with Gasteiger partial charge in [0.2, 0.25) is 5.13 Å². The number of aryl methyl sites for hydroxylation is 2. The average Bonchev–Trinajstić information content (AvgIpc) is 2.97. The molecule has 18 heavy (non-hydrogen) atoms. The molecule has 3 N–H and O–H groups in total. The van der Waals surface area contributed by atoms with Crippen molar-refractivity contribution in [1.82, 2.24) is 10.2 Å². The molecular formula is C13H16N4S. The number of nitrogens with two attached hydrogens (primary N) is 1. The normalized spacial score (nSPS) is 17.7. The zero-order valence-corrected chi connectivity index (χ0v) is 11.1. The summed E-state index contributed by atoms with van der Waals surface area (Å²) in [6.45, 7) is 2.10. The van der Waals surface area contributed by atoms with Crippen LogP contribution in [0.5, 0.6) is 0 Å². The van der Waals surface area contributed by atoms with E-state index in [9.17, 15) is 0 Å². The van der Waals surface area contributed by atoms with Crippen LogP contribution in [0.1, 0.15) is 35.5 Å². The second-order valence-electron chi connectivity index (χ2n) is 4.55. The third-order valence-corrected chi connectivity index (χ3v) is 4.31. The highest BCUT2D eigenvalue weighted by atomic mass is 32.1. The van der Waals surface area contributed by atoms with Gasteiger partial charge in [-0.15, -0.1) is 10.2 Å². The van der Waals surface area contributed by atoms with Crippen LogP contribution in [0.2, 0.25) is 0 Å². The van der Waals surface area contributed by atoms with Crippen molar-refractivity contribution in [2.75, 3.05) is 11.1 Å². The van der Waals surface area contributed by atoms with Gasteiger partial charge < -0.3 is 11.1 Å². The Morgan fingerprint density at radius 1 is 1.44 bits per heavy atom. The lowest BCUT2D eigenvalue weighted by molar-refractivity contribution is 0.758. The molecule has 94 valence electrons. The Bertz CT molecular complexity index is 564. The number of nitrogens with zero attached hydrogens (tertiary/aromatic N) is 2. The van der Waals surface area contributed by atoms with Crippen LogP contribution in [0.3, 0.4) is 0 Å². The van der Waals surface area contributed by atoms with Gasteiger partial charge in [-0.1, -0.05) is 24.3 Å². The second kappa shape index (κ2) is 4.57. The van der Waals surface area contributed by atoms with Gasteiger partial charge in [0.05, 0.1) is 6.04 Å². The molecule has 1 heterocycles. The summed E-state index contributed by atoms with van der Waals surface area (Å²) in [4.78, 5) is 0. The molecule has 0 spiro atoms. The molecule has 0 amide bonds. The number of anilines is 2. The number of hydrogen-bond acceptors (Lipinski definition) is 5. The van der Waals surface area contributed by atoms with Crippen LogP contribution >= 0.6 is 11.3 Å². The maximum absolute atomic E-state index is 5.81. The van der Waals surface area contributed by atoms with Gasteiger partial charge in [0.15, 0.2) is 0 Å². The van der Waals surface area contributed by atoms with Crippen molar-refractivity contribution in [3.63, 3.8) is 0 Å². The standard InChI is InChI=1S/C13H16N4S/c1-2-12-16-17-13(18-12)15-11-6-3-8-7-9(14)4-5-10(8)11/h4-5,7,11H,2-3,6,14H2,1H3,(H,15,17). The van der Waals surface area contributed by atoms with E-state index >= 15 is 0 Å². The maximum Gasteiger partial charge on any atom is 0.206 e. The monoisotopic (exact) mass is 260 g/mol. The third kappa shape index (κ3) is 2.06. The molecule has 0 saturated heterocycles. The Labute approximate surface area is 110 Å². The first-order valence-electron chi connectivity index (χ1n) is 6.23. The Hall–Kier alpha value is -1.62. The van der Waals surface area contributed by atoms with E-state index in [2.05, 4.69) is 34.6 Å². The fourth-order valence-corrected chi connectivity index (χ4v) is 3.12. The number of rotatable bonds is 3. The zero-order valence-electron chi connectivity index (χ0n) is 10.3. The van der Waals surface area contributed by atoms with Crippen molar-refractivity contribution in [1.29, 1.82) is 0 Å². The number of nitrogen functional groups attached to an aromatic ring is 1. The molecular weight excluding hydrogens is 244 g/mol. The highest BCUT2D eigenvalue weighted by molar-refractivity contribution is 7.15. The predicted molar refractivity (Wildman–Crippen MR) is 74.8 cm³/mol. The van der Waals surface area contributed by atoms with Gasteiger partial charge in [-0.2, -0.15) is 0 Å². The van der Waals surface area contributed by atoms with Gasteiger partial charge in [-0.3, -0.25) is 0 Å². The summed E-state index contributed by atoms with van der Waals surface area (Å²) in [6.07, 6.45) is 3.12. The molecule has 0 radical (unpaired) electrons. The quantitative estimate of drug-likeness (QED) is 0.833. The first kappa shape index (κ1) is 11.5. The van der Waals surface area contributed by atoms with E-state index in [-0.39, 0.29) is 0 Å². The molecule has 0 aliphatic heterocycles. The lowest BCUT2D eigenvalue weighted by atomic mass is 10.1. The van der Waals surface area contributed by atoms with Crippen LogP contribution in [0, 0.1) is 0 Å². The van der Waals surface area contributed by atoms with Crippen molar-refractivity contribution in [2.24, 2.45) is 0 Å². The number of fused-ring (bicyclic) bond motifs is 1. The minimum atomic E-state index is 0.346. The van der Waals surface area contributed by atoms with Crippen molar-refractivity contribution in [3.8, 4) is 0 Å². The summed E-state index contributed by atoms with van der Waals surface area (Å²) in [5, 5.41) is 13.8. The van der Waals surface area contributed by atoms with Crippen molar-refractivity contribution in [3.05, 3.63) is 34.3 Å². The molecule has 0 saturated carbocycles. The van der Waals surface area contributed by atoms with Gasteiger partial charge in [-0.05, 0) is 42.5 Å². The van der Waals surface area contributed by atoms with Gasteiger partial charge in [0.25, 0.3) is 0 Å². The van der Waals surface area contributed by atoms with Gasteiger partial charge in [-0.25, -0.2) is 0 Å². The van der Waals surface area contributed by atoms with Crippen LogP contribution < -0.4 is 11.1 Å². The Morgan fingerprint density at radius 2 is 2.33 bits per heavy atom. The molecule has 1 aromatic heterocycles. The molecule has 1 aliphatic carbocycles. The van der Waals surface area contributed by atoms with E-state index in [1.54, 1.807) is 11.3 Å². The maximum atomic E-state index is 5.81. The minimum Gasteiger partial charge on any atom is -0.399 e. The molecule has 0 bridgehead atoms. The number of hydrogen-bond donors (Lipinski definition) is 2.